The fraction of sp³-hybridized carbons (Fsp3) is 0.167. The highest BCUT2D eigenvalue weighted by Crippen LogP contribution is 2.30. The van der Waals surface area contributed by atoms with Crippen molar-refractivity contribution in [2.45, 2.75) is 13.5 Å². The number of hydrogen-bond acceptors (Lipinski definition) is 6. The van der Waals surface area contributed by atoms with Crippen LogP contribution in [0.5, 0.6) is 0 Å². The molecule has 8 heteroatoms. The Labute approximate surface area is 154 Å². The minimum atomic E-state index is -0.365. The number of anilines is 1. The molecule has 0 radical (unpaired) electrons. The van der Waals surface area contributed by atoms with E-state index in [2.05, 4.69) is 26.8 Å². The molecule has 0 saturated carbocycles. The van der Waals surface area contributed by atoms with Gasteiger partial charge in [-0.25, -0.2) is 14.4 Å². The van der Waals surface area contributed by atoms with Gasteiger partial charge in [-0.1, -0.05) is 17.9 Å². The van der Waals surface area contributed by atoms with Crippen molar-refractivity contribution in [2.24, 2.45) is 5.73 Å². The number of halogens is 1. The Bertz CT molecular complexity index is 943. The molecule has 0 fully saturated rings. The summed E-state index contributed by atoms with van der Waals surface area (Å²) in [6.45, 7) is 6.90. The van der Waals surface area contributed by atoms with Crippen LogP contribution < -0.4 is 11.1 Å². The van der Waals surface area contributed by atoms with Crippen molar-refractivity contribution in [3.8, 4) is 10.6 Å². The first-order valence-electron chi connectivity index (χ1n) is 8.02. The Balaban J connectivity index is 1.82. The SMILES string of the molecule is C=Cc1ncn(CCN)c1/C=C(\C)Nc1ncc(-c2ncccc2F)s1. The summed E-state index contributed by atoms with van der Waals surface area (Å²) < 4.78 is 15.8. The van der Waals surface area contributed by atoms with Crippen molar-refractivity contribution in [3.63, 3.8) is 0 Å². The van der Waals surface area contributed by atoms with Gasteiger partial charge in [-0.3, -0.25) is 4.98 Å². The molecule has 0 amide bonds. The Morgan fingerprint density at radius 3 is 3.00 bits per heavy atom. The van der Waals surface area contributed by atoms with E-state index in [1.165, 1.54) is 17.4 Å². The van der Waals surface area contributed by atoms with E-state index < -0.39 is 0 Å². The molecule has 26 heavy (non-hydrogen) atoms. The van der Waals surface area contributed by atoms with Gasteiger partial charge in [0, 0.05) is 31.2 Å². The molecule has 0 spiro atoms. The first kappa shape index (κ1) is 18.0. The normalized spacial score (nSPS) is 11.6. The van der Waals surface area contributed by atoms with Gasteiger partial charge in [0.2, 0.25) is 0 Å². The predicted molar refractivity (Wildman–Crippen MR) is 104 cm³/mol. The number of hydrogen-bond donors (Lipinski definition) is 2. The molecule has 0 aliphatic carbocycles. The van der Waals surface area contributed by atoms with Gasteiger partial charge < -0.3 is 15.6 Å². The summed E-state index contributed by atoms with van der Waals surface area (Å²) in [6.07, 6.45) is 8.58. The average molecular weight is 370 g/mol. The Kier molecular flexibility index (Phi) is 5.55. The van der Waals surface area contributed by atoms with Crippen molar-refractivity contribution in [1.82, 2.24) is 19.5 Å². The smallest absolute Gasteiger partial charge is 0.187 e. The van der Waals surface area contributed by atoms with E-state index in [9.17, 15) is 4.39 Å². The van der Waals surface area contributed by atoms with Crippen LogP contribution in [0.2, 0.25) is 0 Å². The van der Waals surface area contributed by atoms with Crippen molar-refractivity contribution in [1.29, 1.82) is 0 Å². The number of aromatic nitrogens is 4. The van der Waals surface area contributed by atoms with E-state index in [0.29, 0.717) is 28.8 Å². The highest BCUT2D eigenvalue weighted by molar-refractivity contribution is 7.18. The lowest BCUT2D eigenvalue weighted by atomic mass is 10.2. The molecule has 134 valence electrons. The zero-order valence-corrected chi connectivity index (χ0v) is 15.1. The fourth-order valence-corrected chi connectivity index (χ4v) is 3.33. The standard InChI is InChI=1S/C18H19FN6S/c1-3-14-15(25(8-6-20)11-23-14)9-12(2)24-18-22-10-16(26-18)17-13(19)5-4-7-21-17/h3-5,7,9-11H,1,6,8,20H2,2H3,(H,22,24)/b12-9+. The van der Waals surface area contributed by atoms with Crippen molar-refractivity contribution < 1.29 is 4.39 Å². The van der Waals surface area contributed by atoms with Crippen LogP contribution in [0.4, 0.5) is 9.52 Å². The molecule has 3 N–H and O–H groups in total. The van der Waals surface area contributed by atoms with Gasteiger partial charge in [-0.15, -0.1) is 0 Å². The average Bonchev–Trinajstić information content (AvgIpc) is 3.23. The number of nitrogens with one attached hydrogen (secondary N) is 1. The topological polar surface area (TPSA) is 81.7 Å². The second-order valence-electron chi connectivity index (χ2n) is 5.52. The Hall–Kier alpha value is -2.84. The fourth-order valence-electron chi connectivity index (χ4n) is 2.46. The van der Waals surface area contributed by atoms with Crippen LogP contribution in [0.25, 0.3) is 22.7 Å². The van der Waals surface area contributed by atoms with Crippen molar-refractivity contribution in [3.05, 3.63) is 60.3 Å². The summed E-state index contributed by atoms with van der Waals surface area (Å²) in [5.41, 5.74) is 8.53. The molecule has 0 unspecified atom stereocenters. The van der Waals surface area contributed by atoms with E-state index in [-0.39, 0.29) is 5.82 Å². The molecule has 6 nitrogen and oxygen atoms in total. The molecule has 3 heterocycles. The summed E-state index contributed by atoms with van der Waals surface area (Å²) in [4.78, 5) is 13.4. The van der Waals surface area contributed by atoms with Gasteiger partial charge in [0.15, 0.2) is 5.13 Å². The van der Waals surface area contributed by atoms with Crippen molar-refractivity contribution in [2.75, 3.05) is 11.9 Å². The minimum absolute atomic E-state index is 0.301. The maximum atomic E-state index is 13.9. The largest absolute Gasteiger partial charge is 0.335 e. The second-order valence-corrected chi connectivity index (χ2v) is 6.55. The number of rotatable bonds is 7. The van der Waals surface area contributed by atoms with Gasteiger partial charge in [0.05, 0.1) is 22.6 Å². The molecule has 3 rings (SSSR count). The molecule has 0 saturated heterocycles. The molecular weight excluding hydrogens is 351 g/mol. The monoisotopic (exact) mass is 370 g/mol. The maximum Gasteiger partial charge on any atom is 0.187 e. The molecule has 0 bridgehead atoms. The number of nitrogens with zero attached hydrogens (tertiary/aromatic N) is 4. The third-order valence-electron chi connectivity index (χ3n) is 3.63. The van der Waals surface area contributed by atoms with Crippen LogP contribution in [-0.4, -0.2) is 26.1 Å². The number of imidazole rings is 1. The van der Waals surface area contributed by atoms with Crippen LogP contribution in [0.3, 0.4) is 0 Å². The lowest BCUT2D eigenvalue weighted by Crippen LogP contribution is -2.10. The summed E-state index contributed by atoms with van der Waals surface area (Å²) in [5.74, 6) is -0.365. The number of thiazole rings is 1. The molecule has 0 aliphatic rings. The van der Waals surface area contributed by atoms with Gasteiger partial charge in [-0.2, -0.15) is 0 Å². The highest BCUT2D eigenvalue weighted by atomic mass is 32.1. The molecular formula is C18H19FN6S. The van der Waals surface area contributed by atoms with E-state index in [4.69, 9.17) is 5.73 Å². The summed E-state index contributed by atoms with van der Waals surface area (Å²) >= 11 is 1.34. The van der Waals surface area contributed by atoms with Crippen LogP contribution in [0.15, 0.2) is 43.1 Å². The number of pyridine rings is 1. The lowest BCUT2D eigenvalue weighted by Gasteiger charge is -2.07. The van der Waals surface area contributed by atoms with Crippen LogP contribution in [0, 0.1) is 5.82 Å². The second kappa shape index (κ2) is 8.03. The zero-order chi connectivity index (χ0) is 18.5. The lowest BCUT2D eigenvalue weighted by molar-refractivity contribution is 0.626. The van der Waals surface area contributed by atoms with E-state index in [1.54, 1.807) is 30.9 Å². The molecule has 3 aromatic rings. The highest BCUT2D eigenvalue weighted by Gasteiger charge is 2.11. The first-order chi connectivity index (χ1) is 12.6. The third-order valence-corrected chi connectivity index (χ3v) is 4.55. The number of allylic oxidation sites excluding steroid dienone is 1. The summed E-state index contributed by atoms with van der Waals surface area (Å²) in [5, 5.41) is 3.88. The zero-order valence-electron chi connectivity index (χ0n) is 14.3. The molecule has 0 aliphatic heterocycles. The summed E-state index contributed by atoms with van der Waals surface area (Å²) in [7, 11) is 0. The number of nitrogens with two attached hydrogens (primary N) is 1. The van der Waals surface area contributed by atoms with Gasteiger partial charge >= 0.3 is 0 Å². The molecule has 0 aromatic carbocycles. The molecule has 3 aromatic heterocycles. The van der Waals surface area contributed by atoms with Crippen molar-refractivity contribution >= 4 is 28.6 Å². The first-order valence-corrected chi connectivity index (χ1v) is 8.83. The van der Waals surface area contributed by atoms with E-state index in [0.717, 1.165) is 17.1 Å². The Morgan fingerprint density at radius 2 is 2.27 bits per heavy atom. The summed E-state index contributed by atoms with van der Waals surface area (Å²) in [6, 6.07) is 2.95. The van der Waals surface area contributed by atoms with Crippen LogP contribution in [-0.2, 0) is 6.54 Å². The van der Waals surface area contributed by atoms with E-state index in [1.807, 2.05) is 17.6 Å². The molecule has 0 atom stereocenters. The van der Waals surface area contributed by atoms with Crippen LogP contribution in [0.1, 0.15) is 18.3 Å². The van der Waals surface area contributed by atoms with E-state index >= 15 is 0 Å². The van der Waals surface area contributed by atoms with Gasteiger partial charge in [-0.05, 0) is 31.2 Å². The quantitative estimate of drug-likeness (QED) is 0.664. The predicted octanol–water partition coefficient (Wildman–Crippen LogP) is 3.62. The Morgan fingerprint density at radius 1 is 1.42 bits per heavy atom. The van der Waals surface area contributed by atoms with Gasteiger partial charge in [0.25, 0.3) is 0 Å². The van der Waals surface area contributed by atoms with Crippen LogP contribution >= 0.6 is 11.3 Å². The minimum Gasteiger partial charge on any atom is -0.335 e. The third kappa shape index (κ3) is 3.87. The maximum absolute atomic E-state index is 13.9. The van der Waals surface area contributed by atoms with Gasteiger partial charge in [0.1, 0.15) is 11.5 Å².